The first-order chi connectivity index (χ1) is 13.6. The molecule has 0 amide bonds. The van der Waals surface area contributed by atoms with Gasteiger partial charge in [0, 0.05) is 18.2 Å². The quantitative estimate of drug-likeness (QED) is 0.580. The van der Waals surface area contributed by atoms with Gasteiger partial charge in [-0.05, 0) is 18.1 Å². The minimum absolute atomic E-state index is 0.404. The van der Waals surface area contributed by atoms with Gasteiger partial charge in [0.05, 0.1) is 18.4 Å². The van der Waals surface area contributed by atoms with E-state index in [9.17, 15) is 4.79 Å². The highest BCUT2D eigenvalue weighted by Gasteiger charge is 2.13. The molecule has 0 saturated carbocycles. The number of nitrogens with zero attached hydrogens (tertiary/aromatic N) is 2. The van der Waals surface area contributed by atoms with Crippen LogP contribution in [0.4, 0.5) is 17.3 Å². The number of methoxy groups -OCH3 is 1. The number of hydrogen-bond donors (Lipinski definition) is 2. The Morgan fingerprint density at radius 2 is 1.68 bits per heavy atom. The molecule has 0 unspecified atom stereocenters. The molecule has 1 aromatic heterocycles. The van der Waals surface area contributed by atoms with Gasteiger partial charge in [0.2, 0.25) is 0 Å². The zero-order valence-electron chi connectivity index (χ0n) is 16.3. The molecule has 6 heteroatoms. The molecule has 0 atom stereocenters. The molecule has 2 aromatic carbocycles. The molecule has 6 nitrogen and oxygen atoms in total. The maximum atomic E-state index is 12.0. The van der Waals surface area contributed by atoms with E-state index in [1.807, 2.05) is 48.5 Å². The third-order valence-electron chi connectivity index (χ3n) is 4.04. The van der Waals surface area contributed by atoms with Crippen LogP contribution in [0.2, 0.25) is 0 Å². The van der Waals surface area contributed by atoms with Gasteiger partial charge < -0.3 is 15.4 Å². The number of rotatable bonds is 7. The lowest BCUT2D eigenvalue weighted by atomic mass is 10.1. The van der Waals surface area contributed by atoms with Crippen LogP contribution in [-0.4, -0.2) is 29.6 Å². The Morgan fingerprint density at radius 1 is 1.00 bits per heavy atom. The molecule has 0 radical (unpaired) electrons. The van der Waals surface area contributed by atoms with E-state index >= 15 is 0 Å². The molecule has 0 spiro atoms. The molecule has 3 aromatic rings. The highest BCUT2D eigenvalue weighted by Crippen LogP contribution is 2.25. The Labute approximate surface area is 165 Å². The standard InChI is InChI=1S/C22H24N4O2/c1-15(2)14-23-19-13-20(26-21(25-19)16-9-5-4-6-10-16)24-18-12-8-7-11-17(18)22(27)28-3/h4-13,15H,14H2,1-3H3,(H2,23,24,25,26). The average Bonchev–Trinajstić information content (AvgIpc) is 2.72. The van der Waals surface area contributed by atoms with Crippen molar-refractivity contribution in [1.82, 2.24) is 9.97 Å². The van der Waals surface area contributed by atoms with E-state index < -0.39 is 5.97 Å². The molecule has 0 bridgehead atoms. The first kappa shape index (κ1) is 19.4. The molecular formula is C22H24N4O2. The van der Waals surface area contributed by atoms with Crippen LogP contribution in [0.15, 0.2) is 60.7 Å². The van der Waals surface area contributed by atoms with Crippen molar-refractivity contribution in [1.29, 1.82) is 0 Å². The predicted octanol–water partition coefficient (Wildman–Crippen LogP) is 4.74. The first-order valence-corrected chi connectivity index (χ1v) is 9.19. The second-order valence-electron chi connectivity index (χ2n) is 6.76. The molecule has 0 fully saturated rings. The van der Waals surface area contributed by atoms with Gasteiger partial charge in [-0.15, -0.1) is 0 Å². The Balaban J connectivity index is 1.98. The zero-order valence-corrected chi connectivity index (χ0v) is 16.3. The number of ether oxygens (including phenoxy) is 1. The van der Waals surface area contributed by atoms with E-state index in [1.165, 1.54) is 7.11 Å². The van der Waals surface area contributed by atoms with Gasteiger partial charge in [0.15, 0.2) is 5.82 Å². The molecule has 0 aliphatic rings. The first-order valence-electron chi connectivity index (χ1n) is 9.19. The molecule has 144 valence electrons. The minimum Gasteiger partial charge on any atom is -0.465 e. The Bertz CT molecular complexity index is 942. The number of nitrogens with one attached hydrogen (secondary N) is 2. The van der Waals surface area contributed by atoms with Crippen LogP contribution in [0.25, 0.3) is 11.4 Å². The van der Waals surface area contributed by atoms with Crippen molar-refractivity contribution in [3.05, 3.63) is 66.2 Å². The second-order valence-corrected chi connectivity index (χ2v) is 6.76. The van der Waals surface area contributed by atoms with Gasteiger partial charge in [0.1, 0.15) is 11.6 Å². The lowest BCUT2D eigenvalue weighted by Gasteiger charge is -2.14. The minimum atomic E-state index is -0.404. The summed E-state index contributed by atoms with van der Waals surface area (Å²) in [6.45, 7) is 5.07. The molecule has 0 aliphatic carbocycles. The number of hydrogen-bond acceptors (Lipinski definition) is 6. The molecule has 28 heavy (non-hydrogen) atoms. The van der Waals surface area contributed by atoms with Crippen molar-refractivity contribution >= 4 is 23.3 Å². The summed E-state index contributed by atoms with van der Waals surface area (Å²) >= 11 is 0. The van der Waals surface area contributed by atoms with Gasteiger partial charge in [-0.25, -0.2) is 14.8 Å². The van der Waals surface area contributed by atoms with E-state index in [4.69, 9.17) is 4.74 Å². The van der Waals surface area contributed by atoms with Crippen LogP contribution < -0.4 is 10.6 Å². The predicted molar refractivity (Wildman–Crippen MR) is 112 cm³/mol. The molecule has 0 saturated heterocycles. The van der Waals surface area contributed by atoms with Crippen LogP contribution in [0, 0.1) is 5.92 Å². The van der Waals surface area contributed by atoms with Gasteiger partial charge in [0.25, 0.3) is 0 Å². The number of carbonyl (C=O) groups is 1. The summed E-state index contributed by atoms with van der Waals surface area (Å²) in [4.78, 5) is 21.3. The van der Waals surface area contributed by atoms with Crippen molar-refractivity contribution in [2.45, 2.75) is 13.8 Å². The van der Waals surface area contributed by atoms with Crippen LogP contribution in [0.3, 0.4) is 0 Å². The third-order valence-corrected chi connectivity index (χ3v) is 4.04. The van der Waals surface area contributed by atoms with E-state index in [0.29, 0.717) is 28.8 Å². The highest BCUT2D eigenvalue weighted by atomic mass is 16.5. The molecule has 2 N–H and O–H groups in total. The van der Waals surface area contributed by atoms with Crippen molar-refractivity contribution in [2.24, 2.45) is 5.92 Å². The topological polar surface area (TPSA) is 76.1 Å². The number of para-hydroxylation sites is 1. The molecule has 3 rings (SSSR count). The lowest BCUT2D eigenvalue weighted by Crippen LogP contribution is -2.11. The third kappa shape index (κ3) is 4.85. The fraction of sp³-hybridized carbons (Fsp3) is 0.227. The van der Waals surface area contributed by atoms with E-state index in [1.54, 1.807) is 12.1 Å². The number of esters is 1. The van der Waals surface area contributed by atoms with E-state index in [0.717, 1.165) is 17.9 Å². The van der Waals surface area contributed by atoms with Crippen molar-refractivity contribution in [3.63, 3.8) is 0 Å². The highest BCUT2D eigenvalue weighted by molar-refractivity contribution is 5.96. The number of anilines is 3. The summed E-state index contributed by atoms with van der Waals surface area (Å²) in [5.74, 6) is 2.00. The largest absolute Gasteiger partial charge is 0.465 e. The Hall–Kier alpha value is -3.41. The maximum Gasteiger partial charge on any atom is 0.339 e. The van der Waals surface area contributed by atoms with E-state index in [2.05, 4.69) is 34.4 Å². The smallest absolute Gasteiger partial charge is 0.339 e. The fourth-order valence-electron chi connectivity index (χ4n) is 2.64. The zero-order chi connectivity index (χ0) is 19.9. The average molecular weight is 376 g/mol. The summed E-state index contributed by atoms with van der Waals surface area (Å²) in [6, 6.07) is 18.8. The second kappa shape index (κ2) is 8.99. The molecule has 1 heterocycles. The summed E-state index contributed by atoms with van der Waals surface area (Å²) in [7, 11) is 1.37. The van der Waals surface area contributed by atoms with Crippen LogP contribution in [0.1, 0.15) is 24.2 Å². The van der Waals surface area contributed by atoms with Crippen molar-refractivity contribution in [3.8, 4) is 11.4 Å². The number of carbonyl (C=O) groups excluding carboxylic acids is 1. The van der Waals surface area contributed by atoms with Gasteiger partial charge >= 0.3 is 5.97 Å². The van der Waals surface area contributed by atoms with Crippen LogP contribution in [0.5, 0.6) is 0 Å². The summed E-state index contributed by atoms with van der Waals surface area (Å²) < 4.78 is 4.87. The van der Waals surface area contributed by atoms with Gasteiger partial charge in [-0.3, -0.25) is 0 Å². The number of benzene rings is 2. The lowest BCUT2D eigenvalue weighted by molar-refractivity contribution is 0.0602. The fourth-order valence-corrected chi connectivity index (χ4v) is 2.64. The van der Waals surface area contributed by atoms with Crippen molar-refractivity contribution in [2.75, 3.05) is 24.3 Å². The SMILES string of the molecule is COC(=O)c1ccccc1Nc1cc(NCC(C)C)nc(-c2ccccc2)n1. The maximum absolute atomic E-state index is 12.0. The Kier molecular flexibility index (Phi) is 6.22. The van der Waals surface area contributed by atoms with Gasteiger partial charge in [-0.1, -0.05) is 56.3 Å². The number of aromatic nitrogens is 2. The molecular weight excluding hydrogens is 352 g/mol. The normalized spacial score (nSPS) is 10.6. The van der Waals surface area contributed by atoms with Crippen molar-refractivity contribution < 1.29 is 9.53 Å². The summed E-state index contributed by atoms with van der Waals surface area (Å²) in [6.07, 6.45) is 0. The van der Waals surface area contributed by atoms with E-state index in [-0.39, 0.29) is 0 Å². The summed E-state index contributed by atoms with van der Waals surface area (Å²) in [5, 5.41) is 6.58. The summed E-state index contributed by atoms with van der Waals surface area (Å²) in [5.41, 5.74) is 1.99. The van der Waals surface area contributed by atoms with Gasteiger partial charge in [-0.2, -0.15) is 0 Å². The van der Waals surface area contributed by atoms with Crippen LogP contribution >= 0.6 is 0 Å². The molecule has 0 aliphatic heterocycles. The monoisotopic (exact) mass is 376 g/mol. The Morgan fingerprint density at radius 3 is 2.39 bits per heavy atom. The van der Waals surface area contributed by atoms with Crippen LogP contribution in [-0.2, 0) is 4.74 Å².